The molecule has 19 heavy (non-hydrogen) atoms. The molecule has 0 saturated carbocycles. The van der Waals surface area contributed by atoms with Crippen molar-refractivity contribution in [3.8, 4) is 0 Å². The third kappa shape index (κ3) is 3.51. The Morgan fingerprint density at radius 3 is 2.89 bits per heavy atom. The lowest BCUT2D eigenvalue weighted by Crippen LogP contribution is -2.27. The second-order valence-electron chi connectivity index (χ2n) is 5.32. The number of fused-ring (bicyclic) bond motifs is 1. The molecule has 0 aromatic carbocycles. The zero-order valence-corrected chi connectivity index (χ0v) is 11.9. The van der Waals surface area contributed by atoms with Crippen molar-refractivity contribution in [3.05, 3.63) is 47.7 Å². The first-order valence-electron chi connectivity index (χ1n) is 7.01. The summed E-state index contributed by atoms with van der Waals surface area (Å²) in [7, 11) is 0. The molecule has 104 valence electrons. The van der Waals surface area contributed by atoms with Gasteiger partial charge in [-0.05, 0) is 18.1 Å². The zero-order valence-electron chi connectivity index (χ0n) is 11.9. The predicted octanol–water partition coefficient (Wildman–Crippen LogP) is 3.61. The molecule has 0 amide bonds. The van der Waals surface area contributed by atoms with Crippen LogP contribution in [0.25, 0.3) is 0 Å². The van der Waals surface area contributed by atoms with E-state index >= 15 is 0 Å². The Kier molecular flexibility index (Phi) is 4.48. The largest absolute Gasteiger partial charge is 0.446 e. The van der Waals surface area contributed by atoms with Gasteiger partial charge in [0.25, 0.3) is 5.95 Å². The fraction of sp³-hybridized carbons (Fsp3) is 0.500. The van der Waals surface area contributed by atoms with Crippen molar-refractivity contribution in [3.63, 3.8) is 0 Å². The van der Waals surface area contributed by atoms with Gasteiger partial charge in [-0.2, -0.15) is 0 Å². The Hall–Kier alpha value is -1.48. The molecule has 0 fully saturated rings. The van der Waals surface area contributed by atoms with Crippen molar-refractivity contribution < 1.29 is 9.47 Å². The van der Waals surface area contributed by atoms with Gasteiger partial charge >= 0.3 is 0 Å². The van der Waals surface area contributed by atoms with E-state index in [2.05, 4.69) is 32.9 Å². The van der Waals surface area contributed by atoms with Gasteiger partial charge in [-0.1, -0.05) is 39.3 Å². The van der Waals surface area contributed by atoms with Crippen molar-refractivity contribution in [2.75, 3.05) is 0 Å². The SMILES string of the molecule is CCC(C)CC(N)OC1=CC=C2C(=CC=CC2C)O1. The lowest BCUT2D eigenvalue weighted by molar-refractivity contribution is 0.00852. The maximum Gasteiger partial charge on any atom is 0.286 e. The van der Waals surface area contributed by atoms with Gasteiger partial charge in [-0.15, -0.1) is 0 Å². The van der Waals surface area contributed by atoms with Crippen LogP contribution >= 0.6 is 0 Å². The summed E-state index contributed by atoms with van der Waals surface area (Å²) in [5.74, 6) is 2.30. The van der Waals surface area contributed by atoms with Crippen LogP contribution in [0, 0.1) is 11.8 Å². The van der Waals surface area contributed by atoms with Crippen molar-refractivity contribution >= 4 is 0 Å². The minimum absolute atomic E-state index is 0.312. The minimum atomic E-state index is -0.312. The van der Waals surface area contributed by atoms with Crippen LogP contribution in [0.15, 0.2) is 47.7 Å². The third-order valence-corrected chi connectivity index (χ3v) is 3.63. The van der Waals surface area contributed by atoms with Crippen molar-refractivity contribution in [1.82, 2.24) is 0 Å². The zero-order chi connectivity index (χ0) is 13.8. The van der Waals surface area contributed by atoms with E-state index in [1.807, 2.05) is 18.2 Å². The highest BCUT2D eigenvalue weighted by Crippen LogP contribution is 2.31. The van der Waals surface area contributed by atoms with E-state index in [4.69, 9.17) is 15.2 Å². The van der Waals surface area contributed by atoms with E-state index in [0.717, 1.165) is 18.6 Å². The number of nitrogens with two attached hydrogens (primary N) is 1. The molecule has 2 aliphatic rings. The molecule has 0 aromatic heterocycles. The Balaban J connectivity index is 1.97. The van der Waals surface area contributed by atoms with Crippen molar-refractivity contribution in [2.24, 2.45) is 17.6 Å². The smallest absolute Gasteiger partial charge is 0.286 e. The molecule has 2 N–H and O–H groups in total. The van der Waals surface area contributed by atoms with Crippen LogP contribution < -0.4 is 5.73 Å². The summed E-state index contributed by atoms with van der Waals surface area (Å²) in [5.41, 5.74) is 7.16. The molecule has 0 bridgehead atoms. The second-order valence-corrected chi connectivity index (χ2v) is 5.32. The first kappa shape index (κ1) is 13.9. The highest BCUT2D eigenvalue weighted by Gasteiger charge is 2.21. The van der Waals surface area contributed by atoms with Gasteiger partial charge in [-0.3, -0.25) is 5.73 Å². The van der Waals surface area contributed by atoms with Crippen molar-refractivity contribution in [1.29, 1.82) is 0 Å². The van der Waals surface area contributed by atoms with Gasteiger partial charge in [0.1, 0.15) is 5.76 Å². The molecular formula is C16H23NO2. The normalized spacial score (nSPS) is 24.4. The molecule has 3 atom stereocenters. The standard InChI is InChI=1S/C16H23NO2/c1-4-11(2)10-15(17)19-16-9-8-13-12(3)6-5-7-14(13)18-16/h5-9,11-12,15H,4,10,17H2,1-3H3. The molecule has 1 aliphatic heterocycles. The molecule has 0 saturated heterocycles. The Labute approximate surface area is 115 Å². The quantitative estimate of drug-likeness (QED) is 0.769. The van der Waals surface area contributed by atoms with Crippen LogP contribution in [0.1, 0.15) is 33.6 Å². The Morgan fingerprint density at radius 1 is 1.37 bits per heavy atom. The van der Waals surface area contributed by atoms with Gasteiger partial charge in [0.05, 0.1) is 0 Å². The second kappa shape index (κ2) is 6.11. The topological polar surface area (TPSA) is 44.5 Å². The highest BCUT2D eigenvalue weighted by atomic mass is 16.7. The first-order chi connectivity index (χ1) is 9.10. The summed E-state index contributed by atoms with van der Waals surface area (Å²) >= 11 is 0. The van der Waals surface area contributed by atoms with Crippen LogP contribution in [-0.2, 0) is 9.47 Å². The molecule has 3 heteroatoms. The van der Waals surface area contributed by atoms with E-state index in [1.165, 1.54) is 5.57 Å². The molecule has 3 unspecified atom stereocenters. The summed E-state index contributed by atoms with van der Waals surface area (Å²) in [6.45, 7) is 6.48. The summed E-state index contributed by atoms with van der Waals surface area (Å²) < 4.78 is 11.4. The van der Waals surface area contributed by atoms with E-state index in [1.54, 1.807) is 0 Å². The molecular weight excluding hydrogens is 238 g/mol. The number of hydrogen-bond acceptors (Lipinski definition) is 3. The van der Waals surface area contributed by atoms with E-state index in [0.29, 0.717) is 17.8 Å². The summed E-state index contributed by atoms with van der Waals surface area (Å²) in [4.78, 5) is 0. The fourth-order valence-corrected chi connectivity index (χ4v) is 2.18. The summed E-state index contributed by atoms with van der Waals surface area (Å²) in [6, 6.07) is 0. The molecule has 0 spiro atoms. The molecule has 1 heterocycles. The van der Waals surface area contributed by atoms with Gasteiger partial charge in [0.2, 0.25) is 0 Å². The van der Waals surface area contributed by atoms with Gasteiger partial charge in [0, 0.05) is 24.0 Å². The molecule has 0 aromatic rings. The summed E-state index contributed by atoms with van der Waals surface area (Å²) in [6.07, 6.45) is 11.7. The predicted molar refractivity (Wildman–Crippen MR) is 76.8 cm³/mol. The van der Waals surface area contributed by atoms with Crippen LogP contribution in [-0.4, -0.2) is 6.23 Å². The highest BCUT2D eigenvalue weighted by molar-refractivity contribution is 5.42. The lowest BCUT2D eigenvalue weighted by atomic mass is 9.93. The number of ether oxygens (including phenoxy) is 2. The van der Waals surface area contributed by atoms with Crippen LogP contribution in [0.4, 0.5) is 0 Å². The number of rotatable bonds is 5. The third-order valence-electron chi connectivity index (χ3n) is 3.63. The van der Waals surface area contributed by atoms with Crippen molar-refractivity contribution in [2.45, 2.75) is 39.8 Å². The van der Waals surface area contributed by atoms with Gasteiger partial charge in [0.15, 0.2) is 6.23 Å². The Morgan fingerprint density at radius 2 is 2.16 bits per heavy atom. The van der Waals surface area contributed by atoms with E-state index in [-0.39, 0.29) is 6.23 Å². The maximum absolute atomic E-state index is 5.98. The van der Waals surface area contributed by atoms with Crippen LogP contribution in [0.3, 0.4) is 0 Å². The lowest BCUT2D eigenvalue weighted by Gasteiger charge is -2.26. The minimum Gasteiger partial charge on any atom is -0.446 e. The molecule has 1 aliphatic carbocycles. The molecule has 2 rings (SSSR count). The van der Waals surface area contributed by atoms with Gasteiger partial charge < -0.3 is 9.47 Å². The fourth-order valence-electron chi connectivity index (χ4n) is 2.18. The average Bonchev–Trinajstić information content (AvgIpc) is 2.38. The average molecular weight is 261 g/mol. The maximum atomic E-state index is 5.98. The number of hydrogen-bond donors (Lipinski definition) is 1. The van der Waals surface area contributed by atoms with E-state index in [9.17, 15) is 0 Å². The van der Waals surface area contributed by atoms with E-state index < -0.39 is 0 Å². The number of allylic oxidation sites excluding steroid dienone is 6. The summed E-state index contributed by atoms with van der Waals surface area (Å²) in [5, 5.41) is 0. The molecule has 0 radical (unpaired) electrons. The van der Waals surface area contributed by atoms with Crippen LogP contribution in [0.2, 0.25) is 0 Å². The van der Waals surface area contributed by atoms with Crippen LogP contribution in [0.5, 0.6) is 0 Å². The molecule has 3 nitrogen and oxygen atoms in total. The monoisotopic (exact) mass is 261 g/mol. The Bertz CT molecular complexity index is 446. The first-order valence-corrected chi connectivity index (χ1v) is 7.01. The van der Waals surface area contributed by atoms with Gasteiger partial charge in [-0.25, -0.2) is 0 Å².